The summed E-state index contributed by atoms with van der Waals surface area (Å²) in [6.07, 6.45) is 11.3. The van der Waals surface area contributed by atoms with Gasteiger partial charge in [0.25, 0.3) is 0 Å². The van der Waals surface area contributed by atoms with Crippen molar-refractivity contribution < 1.29 is 4.79 Å². The van der Waals surface area contributed by atoms with Crippen LogP contribution in [0.3, 0.4) is 0 Å². The van der Waals surface area contributed by atoms with Crippen LogP contribution in [0.1, 0.15) is 48.2 Å². The van der Waals surface area contributed by atoms with E-state index in [1.807, 2.05) is 48.6 Å². The van der Waals surface area contributed by atoms with Crippen LogP contribution in [-0.2, 0) is 0 Å². The Hall–Kier alpha value is -2.16. The number of hydrogen-bond acceptors (Lipinski definition) is 2. The normalized spacial score (nSPS) is 15.8. The third kappa shape index (κ3) is 3.69. The summed E-state index contributed by atoms with van der Waals surface area (Å²) in [7, 11) is 0. The molecular weight excluding hydrogens is 260 g/mol. The first-order chi connectivity index (χ1) is 10.3. The summed E-state index contributed by atoms with van der Waals surface area (Å²) in [5, 5.41) is 4.35. The highest BCUT2D eigenvalue weighted by atomic mass is 16.2. The van der Waals surface area contributed by atoms with Gasteiger partial charge in [0.2, 0.25) is 5.91 Å². The van der Waals surface area contributed by atoms with Crippen LogP contribution in [0, 0.1) is 5.92 Å². The first-order valence-electron chi connectivity index (χ1n) is 7.63. The quantitative estimate of drug-likeness (QED) is 0.838. The monoisotopic (exact) mass is 280 g/mol. The van der Waals surface area contributed by atoms with Crippen molar-refractivity contribution in [1.29, 1.82) is 0 Å². The lowest BCUT2D eigenvalue weighted by Crippen LogP contribution is -2.14. The highest BCUT2D eigenvalue weighted by molar-refractivity contribution is 5.78. The minimum Gasteiger partial charge on any atom is -0.273 e. The highest BCUT2D eigenvalue weighted by Gasteiger charge is 2.19. The predicted molar refractivity (Wildman–Crippen MR) is 84.8 cm³/mol. The fraction of sp³-hybridized carbons (Fsp3) is 0.333. The molecule has 2 aromatic rings. The van der Waals surface area contributed by atoms with E-state index in [2.05, 4.69) is 5.10 Å². The van der Waals surface area contributed by atoms with E-state index in [0.29, 0.717) is 12.3 Å². The molecule has 1 aromatic carbocycles. The van der Waals surface area contributed by atoms with Gasteiger partial charge in [-0.15, -0.1) is 0 Å². The zero-order valence-electron chi connectivity index (χ0n) is 12.1. The fourth-order valence-corrected chi connectivity index (χ4v) is 2.87. The zero-order valence-corrected chi connectivity index (χ0v) is 12.1. The largest absolute Gasteiger partial charge is 0.273 e. The number of aromatic nitrogens is 2. The van der Waals surface area contributed by atoms with Crippen molar-refractivity contribution in [3.63, 3.8) is 0 Å². The van der Waals surface area contributed by atoms with Crippen LogP contribution >= 0.6 is 0 Å². The third-order valence-corrected chi connectivity index (χ3v) is 4.05. The van der Waals surface area contributed by atoms with E-state index >= 15 is 0 Å². The van der Waals surface area contributed by atoms with Crippen molar-refractivity contribution in [2.45, 2.75) is 32.1 Å². The molecule has 1 fully saturated rings. The average molecular weight is 280 g/mol. The van der Waals surface area contributed by atoms with Crippen molar-refractivity contribution in [3.05, 3.63) is 53.9 Å². The standard InChI is InChI=1S/C18H20N2O/c21-18(14-16-8-4-5-9-16)20-13-12-17(19-20)11-10-15-6-2-1-3-7-15/h1-3,6-7,10-13,16H,4-5,8-9,14H2/b11-10+. The van der Waals surface area contributed by atoms with E-state index < -0.39 is 0 Å². The van der Waals surface area contributed by atoms with E-state index in [0.717, 1.165) is 11.3 Å². The molecule has 0 amide bonds. The molecule has 108 valence electrons. The highest BCUT2D eigenvalue weighted by Crippen LogP contribution is 2.27. The molecule has 0 N–H and O–H groups in total. The van der Waals surface area contributed by atoms with Crippen LogP contribution in [0.4, 0.5) is 0 Å². The molecule has 0 unspecified atom stereocenters. The van der Waals surface area contributed by atoms with Crippen LogP contribution < -0.4 is 0 Å². The maximum atomic E-state index is 12.2. The average Bonchev–Trinajstić information content (AvgIpc) is 3.17. The Morgan fingerprint density at radius 2 is 1.90 bits per heavy atom. The lowest BCUT2D eigenvalue weighted by atomic mass is 10.0. The van der Waals surface area contributed by atoms with E-state index in [4.69, 9.17) is 0 Å². The molecule has 0 aliphatic heterocycles. The number of carbonyl (C=O) groups is 1. The van der Waals surface area contributed by atoms with Crippen molar-refractivity contribution >= 4 is 18.1 Å². The Balaban J connectivity index is 1.63. The molecule has 1 saturated carbocycles. The summed E-state index contributed by atoms with van der Waals surface area (Å²) in [6.45, 7) is 0. The van der Waals surface area contributed by atoms with Gasteiger partial charge in [-0.25, -0.2) is 4.68 Å². The van der Waals surface area contributed by atoms with Gasteiger partial charge in [-0.2, -0.15) is 5.10 Å². The predicted octanol–water partition coefficient (Wildman–Crippen LogP) is 4.27. The molecule has 0 bridgehead atoms. The molecule has 3 rings (SSSR count). The van der Waals surface area contributed by atoms with Gasteiger partial charge in [-0.1, -0.05) is 49.2 Å². The summed E-state index contributed by atoms with van der Waals surface area (Å²) in [5.74, 6) is 0.672. The number of rotatable bonds is 4. The second kappa shape index (κ2) is 6.53. The molecule has 3 heteroatoms. The van der Waals surface area contributed by atoms with Crippen LogP contribution in [0.25, 0.3) is 12.2 Å². The van der Waals surface area contributed by atoms with Crippen molar-refractivity contribution in [2.24, 2.45) is 5.92 Å². The second-order valence-corrected chi connectivity index (χ2v) is 5.68. The number of hydrogen-bond donors (Lipinski definition) is 0. The molecular formula is C18H20N2O. The molecule has 1 aliphatic carbocycles. The minimum absolute atomic E-state index is 0.112. The molecule has 1 heterocycles. The Morgan fingerprint density at radius 1 is 1.14 bits per heavy atom. The first-order valence-corrected chi connectivity index (χ1v) is 7.63. The maximum Gasteiger partial charge on any atom is 0.247 e. The van der Waals surface area contributed by atoms with Crippen LogP contribution in [-0.4, -0.2) is 15.7 Å². The van der Waals surface area contributed by atoms with Crippen LogP contribution in [0.2, 0.25) is 0 Å². The Bertz CT molecular complexity index is 622. The molecule has 0 saturated heterocycles. The molecule has 0 radical (unpaired) electrons. The van der Waals surface area contributed by atoms with Gasteiger partial charge in [0.1, 0.15) is 0 Å². The summed E-state index contributed by atoms with van der Waals surface area (Å²) in [6, 6.07) is 12.0. The van der Waals surface area contributed by atoms with Crippen molar-refractivity contribution in [3.8, 4) is 0 Å². The van der Waals surface area contributed by atoms with Gasteiger partial charge in [0.05, 0.1) is 5.69 Å². The van der Waals surface area contributed by atoms with E-state index in [1.54, 1.807) is 6.20 Å². The molecule has 1 aliphatic rings. The Labute approximate surface area is 125 Å². The topological polar surface area (TPSA) is 34.9 Å². The maximum absolute atomic E-state index is 12.2. The summed E-state index contributed by atoms with van der Waals surface area (Å²) >= 11 is 0. The number of nitrogens with zero attached hydrogens (tertiary/aromatic N) is 2. The summed E-state index contributed by atoms with van der Waals surface area (Å²) < 4.78 is 1.49. The summed E-state index contributed by atoms with van der Waals surface area (Å²) in [4.78, 5) is 12.2. The van der Waals surface area contributed by atoms with E-state index in [-0.39, 0.29) is 5.91 Å². The van der Waals surface area contributed by atoms with Gasteiger partial charge < -0.3 is 0 Å². The molecule has 21 heavy (non-hydrogen) atoms. The van der Waals surface area contributed by atoms with E-state index in [9.17, 15) is 4.79 Å². The van der Waals surface area contributed by atoms with Gasteiger partial charge in [-0.3, -0.25) is 4.79 Å². The molecule has 1 aromatic heterocycles. The summed E-state index contributed by atoms with van der Waals surface area (Å²) in [5.41, 5.74) is 1.95. The van der Waals surface area contributed by atoms with Gasteiger partial charge in [-0.05, 0) is 36.5 Å². The Kier molecular flexibility index (Phi) is 4.29. The van der Waals surface area contributed by atoms with Crippen molar-refractivity contribution in [2.75, 3.05) is 0 Å². The second-order valence-electron chi connectivity index (χ2n) is 5.68. The lowest BCUT2D eigenvalue weighted by molar-refractivity contribution is 0.0864. The molecule has 0 atom stereocenters. The number of carbonyl (C=O) groups excluding carboxylic acids is 1. The Morgan fingerprint density at radius 3 is 2.67 bits per heavy atom. The lowest BCUT2D eigenvalue weighted by Gasteiger charge is -2.06. The van der Waals surface area contributed by atoms with Crippen LogP contribution in [0.15, 0.2) is 42.6 Å². The number of benzene rings is 1. The zero-order chi connectivity index (χ0) is 14.5. The molecule has 3 nitrogen and oxygen atoms in total. The molecule has 0 spiro atoms. The van der Waals surface area contributed by atoms with Gasteiger partial charge in [0.15, 0.2) is 0 Å². The SMILES string of the molecule is O=C(CC1CCCC1)n1ccc(/C=C/c2ccccc2)n1. The first kappa shape index (κ1) is 13.8. The third-order valence-electron chi connectivity index (χ3n) is 4.05. The van der Waals surface area contributed by atoms with Crippen LogP contribution in [0.5, 0.6) is 0 Å². The van der Waals surface area contributed by atoms with Crippen molar-refractivity contribution in [1.82, 2.24) is 9.78 Å². The smallest absolute Gasteiger partial charge is 0.247 e. The fourth-order valence-electron chi connectivity index (χ4n) is 2.87. The minimum atomic E-state index is 0.112. The van der Waals surface area contributed by atoms with Gasteiger partial charge >= 0.3 is 0 Å². The van der Waals surface area contributed by atoms with Gasteiger partial charge in [0, 0.05) is 12.6 Å². The van der Waals surface area contributed by atoms with E-state index in [1.165, 1.54) is 30.4 Å².